The number of dihydropyridines is 1. The van der Waals surface area contributed by atoms with Gasteiger partial charge in [0, 0.05) is 30.9 Å². The largest absolute Gasteiger partial charge is 0.457 e. The average molecular weight is 519 g/mol. The smallest absolute Gasteiger partial charge is 0.417 e. The highest BCUT2D eigenvalue weighted by molar-refractivity contribution is 6.31. The molecule has 188 valence electrons. The summed E-state index contributed by atoms with van der Waals surface area (Å²) in [7, 11) is 0. The van der Waals surface area contributed by atoms with Crippen molar-refractivity contribution in [3.05, 3.63) is 105 Å². The first-order valence-corrected chi connectivity index (χ1v) is 11.3. The summed E-state index contributed by atoms with van der Waals surface area (Å²) in [5, 5.41) is 14.8. The topological polar surface area (TPSA) is 99.3 Å². The molecule has 0 spiro atoms. The second-order valence-electron chi connectivity index (χ2n) is 8.02. The van der Waals surface area contributed by atoms with Gasteiger partial charge in [-0.05, 0) is 54.0 Å². The van der Waals surface area contributed by atoms with Gasteiger partial charge >= 0.3 is 6.18 Å². The van der Waals surface area contributed by atoms with Crippen molar-refractivity contribution in [2.45, 2.75) is 25.2 Å². The fraction of sp³-hybridized carbons (Fsp3) is 0.200. The summed E-state index contributed by atoms with van der Waals surface area (Å²) in [4.78, 5) is 19.3. The number of aromatic amines is 1. The quantitative estimate of drug-likeness (QED) is 0.342. The van der Waals surface area contributed by atoms with Crippen molar-refractivity contribution in [2.75, 3.05) is 11.9 Å². The number of benzene rings is 2. The minimum Gasteiger partial charge on any atom is -0.457 e. The predicted molar refractivity (Wildman–Crippen MR) is 130 cm³/mol. The van der Waals surface area contributed by atoms with Gasteiger partial charge in [-0.15, -0.1) is 0 Å². The maximum absolute atomic E-state index is 13.0. The van der Waals surface area contributed by atoms with Crippen LogP contribution >= 0.6 is 11.6 Å². The van der Waals surface area contributed by atoms with Crippen LogP contribution in [0.2, 0.25) is 5.02 Å². The number of alkyl halides is 3. The van der Waals surface area contributed by atoms with Gasteiger partial charge in [-0.1, -0.05) is 29.8 Å². The fourth-order valence-corrected chi connectivity index (χ4v) is 3.67. The van der Waals surface area contributed by atoms with Crippen LogP contribution in [0.5, 0.6) is 11.5 Å². The van der Waals surface area contributed by atoms with Gasteiger partial charge in [-0.3, -0.25) is 9.78 Å². The number of nitrogens with zero attached hydrogens (tertiary/aromatic N) is 1. The summed E-state index contributed by atoms with van der Waals surface area (Å²) in [6.45, 7) is 0.490. The van der Waals surface area contributed by atoms with Crippen LogP contribution in [0.25, 0.3) is 0 Å². The highest BCUT2D eigenvalue weighted by atomic mass is 35.5. The number of nitrogens with one attached hydrogen (secondary N) is 3. The maximum atomic E-state index is 13.0. The van der Waals surface area contributed by atoms with Crippen LogP contribution in [0, 0.1) is 0 Å². The average Bonchev–Trinajstić information content (AvgIpc) is 2.84. The van der Waals surface area contributed by atoms with E-state index < -0.39 is 18.0 Å². The minimum atomic E-state index is -4.57. The second-order valence-corrected chi connectivity index (χ2v) is 8.42. The number of aliphatic hydroxyl groups excluding tert-OH is 1. The van der Waals surface area contributed by atoms with Crippen molar-refractivity contribution in [1.29, 1.82) is 0 Å². The number of H-pyrrole nitrogens is 1. The molecule has 0 radical (unpaired) electrons. The predicted octanol–water partition coefficient (Wildman–Crippen LogP) is 4.79. The molecule has 0 bridgehead atoms. The molecule has 1 atom stereocenters. The Morgan fingerprint density at radius 3 is 2.56 bits per heavy atom. The number of hydrogen-bond acceptors (Lipinski definition) is 6. The summed E-state index contributed by atoms with van der Waals surface area (Å²) in [5.74, 6) is 0.759. The molecular formula is C25H22ClF3N4O3. The number of aliphatic hydroxyl groups is 1. The monoisotopic (exact) mass is 518 g/mol. The molecule has 2 heterocycles. The van der Waals surface area contributed by atoms with Crippen LogP contribution in [-0.2, 0) is 19.0 Å². The Bertz CT molecular complexity index is 1340. The molecule has 0 amide bonds. The van der Waals surface area contributed by atoms with Gasteiger partial charge in [0.15, 0.2) is 0 Å². The molecule has 1 unspecified atom stereocenters. The van der Waals surface area contributed by atoms with Gasteiger partial charge in [0.05, 0.1) is 10.6 Å². The van der Waals surface area contributed by atoms with Crippen molar-refractivity contribution in [1.82, 2.24) is 15.3 Å². The van der Waals surface area contributed by atoms with Crippen molar-refractivity contribution < 1.29 is 23.0 Å². The third-order valence-corrected chi connectivity index (χ3v) is 5.64. The zero-order valence-electron chi connectivity index (χ0n) is 18.8. The lowest BCUT2D eigenvalue weighted by Crippen LogP contribution is -2.25. The molecule has 1 aliphatic rings. The molecule has 4 rings (SSSR count). The van der Waals surface area contributed by atoms with E-state index in [4.69, 9.17) is 16.3 Å². The fourth-order valence-electron chi connectivity index (χ4n) is 3.45. The van der Waals surface area contributed by atoms with Crippen LogP contribution < -0.4 is 20.9 Å². The molecule has 3 aromatic rings. The van der Waals surface area contributed by atoms with E-state index in [2.05, 4.69) is 20.6 Å². The highest BCUT2D eigenvalue weighted by Crippen LogP contribution is 2.37. The molecule has 0 fully saturated rings. The first-order chi connectivity index (χ1) is 17.2. The van der Waals surface area contributed by atoms with Crippen LogP contribution in [0.4, 0.5) is 19.1 Å². The molecule has 0 saturated heterocycles. The van der Waals surface area contributed by atoms with Gasteiger partial charge in [0.25, 0.3) is 5.56 Å². The number of anilines is 1. The zero-order chi connectivity index (χ0) is 25.7. The Labute approximate surface area is 209 Å². The van der Waals surface area contributed by atoms with Gasteiger partial charge < -0.3 is 20.5 Å². The molecular weight excluding hydrogens is 497 g/mol. The lowest BCUT2D eigenvalue weighted by atomic mass is 10.1. The van der Waals surface area contributed by atoms with E-state index in [1.807, 2.05) is 0 Å². The van der Waals surface area contributed by atoms with Gasteiger partial charge in [-0.2, -0.15) is 13.2 Å². The van der Waals surface area contributed by atoms with Crippen molar-refractivity contribution in [2.24, 2.45) is 0 Å². The Morgan fingerprint density at radius 2 is 1.89 bits per heavy atom. The molecule has 0 aliphatic carbocycles. The summed E-state index contributed by atoms with van der Waals surface area (Å²) >= 11 is 5.64. The number of hydrogen-bond donors (Lipinski definition) is 4. The van der Waals surface area contributed by atoms with E-state index in [1.165, 1.54) is 12.3 Å². The standard InChI is InChI=1S/C25H22ClF3N4O3/c26-21-7-6-19(12-20(21)25(27,28)29)36-18-4-1-15(2-5-18)9-10-30-24-32-14-17(23(35)33-24)11-16-3-8-22(34)31-13-16/h1-8,12-14,22,31,34H,9-11H2,(H2,30,32,33,35). The summed E-state index contributed by atoms with van der Waals surface area (Å²) in [6.07, 6.45) is 2.19. The highest BCUT2D eigenvalue weighted by Gasteiger charge is 2.33. The Balaban J connectivity index is 1.29. The molecule has 0 saturated carbocycles. The van der Waals surface area contributed by atoms with E-state index in [9.17, 15) is 23.1 Å². The van der Waals surface area contributed by atoms with Gasteiger partial charge in [0.2, 0.25) is 5.95 Å². The molecule has 2 aromatic carbocycles. The number of rotatable bonds is 8. The van der Waals surface area contributed by atoms with Crippen LogP contribution in [-0.4, -0.2) is 27.8 Å². The summed E-state index contributed by atoms with van der Waals surface area (Å²) in [6, 6.07) is 10.3. The van der Waals surface area contributed by atoms with E-state index in [0.717, 1.165) is 23.3 Å². The van der Waals surface area contributed by atoms with E-state index in [0.29, 0.717) is 36.6 Å². The van der Waals surface area contributed by atoms with E-state index >= 15 is 0 Å². The van der Waals surface area contributed by atoms with Crippen molar-refractivity contribution in [3.8, 4) is 11.5 Å². The molecule has 1 aliphatic heterocycles. The number of allylic oxidation sites excluding steroid dienone is 2. The van der Waals surface area contributed by atoms with Crippen LogP contribution in [0.3, 0.4) is 0 Å². The molecule has 7 nitrogen and oxygen atoms in total. The number of ether oxygens (including phenoxy) is 1. The Kier molecular flexibility index (Phi) is 7.66. The lowest BCUT2D eigenvalue weighted by Gasteiger charge is -2.13. The zero-order valence-corrected chi connectivity index (χ0v) is 19.5. The Morgan fingerprint density at radius 1 is 1.14 bits per heavy atom. The number of aromatic nitrogens is 2. The summed E-state index contributed by atoms with van der Waals surface area (Å²) < 4.78 is 44.6. The van der Waals surface area contributed by atoms with E-state index in [1.54, 1.807) is 42.6 Å². The SMILES string of the molecule is O=c1[nH]c(NCCc2ccc(Oc3ccc(Cl)c(C(F)(F)F)c3)cc2)ncc1CC1=CNC(O)C=C1. The van der Waals surface area contributed by atoms with Crippen molar-refractivity contribution in [3.63, 3.8) is 0 Å². The lowest BCUT2D eigenvalue weighted by molar-refractivity contribution is -0.137. The Hall–Kier alpha value is -3.76. The molecule has 36 heavy (non-hydrogen) atoms. The van der Waals surface area contributed by atoms with Crippen LogP contribution in [0.15, 0.2) is 77.4 Å². The molecule has 1 aromatic heterocycles. The third-order valence-electron chi connectivity index (χ3n) is 5.31. The second kappa shape index (κ2) is 10.9. The normalized spacial score (nSPS) is 15.2. The van der Waals surface area contributed by atoms with Crippen molar-refractivity contribution >= 4 is 17.5 Å². The first kappa shape index (κ1) is 25.3. The van der Waals surface area contributed by atoms with E-state index in [-0.39, 0.29) is 16.3 Å². The molecule has 4 N–H and O–H groups in total. The summed E-state index contributed by atoms with van der Waals surface area (Å²) in [5.41, 5.74) is 1.08. The van der Waals surface area contributed by atoms with Gasteiger partial charge in [0.1, 0.15) is 17.7 Å². The number of halogens is 4. The maximum Gasteiger partial charge on any atom is 0.417 e. The first-order valence-electron chi connectivity index (χ1n) is 10.9. The minimum absolute atomic E-state index is 0.0317. The molecule has 11 heteroatoms. The van der Waals surface area contributed by atoms with Gasteiger partial charge in [-0.25, -0.2) is 4.98 Å². The third kappa shape index (κ3) is 6.67. The van der Waals surface area contributed by atoms with Crippen LogP contribution in [0.1, 0.15) is 16.7 Å².